The van der Waals surface area contributed by atoms with Gasteiger partial charge in [-0.3, -0.25) is 0 Å². The van der Waals surface area contributed by atoms with Gasteiger partial charge in [0.2, 0.25) is 0 Å². The number of rotatable bonds is 5. The van der Waals surface area contributed by atoms with E-state index >= 15 is 0 Å². The molecule has 0 spiro atoms. The van der Waals surface area contributed by atoms with Crippen LogP contribution in [0.5, 0.6) is 0 Å². The molecule has 5 nitrogen and oxygen atoms in total. The lowest BCUT2D eigenvalue weighted by atomic mass is 9.71. The summed E-state index contributed by atoms with van der Waals surface area (Å²) in [7, 11) is 0. The van der Waals surface area contributed by atoms with E-state index in [1.807, 2.05) is 6.20 Å². The Hall–Kier alpha value is -0.940. The fourth-order valence-corrected chi connectivity index (χ4v) is 3.24. The Morgan fingerprint density at radius 2 is 2.26 bits per heavy atom. The minimum absolute atomic E-state index is 0.385. The number of hydrogen-bond donors (Lipinski definition) is 1. The third-order valence-electron chi connectivity index (χ3n) is 3.82. The lowest BCUT2D eigenvalue weighted by Crippen LogP contribution is -2.33. The van der Waals surface area contributed by atoms with Crippen LogP contribution in [-0.2, 0) is 17.8 Å². The molecule has 0 saturated heterocycles. The van der Waals surface area contributed by atoms with Crippen molar-refractivity contribution in [1.29, 1.82) is 0 Å². The maximum atomic E-state index is 6.02. The second-order valence-corrected chi connectivity index (χ2v) is 6.58. The van der Waals surface area contributed by atoms with Crippen LogP contribution in [0.1, 0.15) is 45.7 Å². The number of ether oxygens (including phenoxy) is 1. The molecule has 2 atom stereocenters. The van der Waals surface area contributed by atoms with Gasteiger partial charge in [-0.05, 0) is 30.6 Å². The molecule has 1 aromatic rings. The molecular weight excluding hydrogens is 240 g/mol. The molecule has 1 fully saturated rings. The maximum absolute atomic E-state index is 6.02. The second-order valence-electron chi connectivity index (χ2n) is 6.58. The zero-order valence-electron chi connectivity index (χ0n) is 12.3. The molecule has 5 heteroatoms. The highest BCUT2D eigenvalue weighted by Gasteiger charge is 2.32. The maximum Gasteiger partial charge on any atom is 0.0962 e. The van der Waals surface area contributed by atoms with Crippen molar-refractivity contribution >= 4 is 0 Å². The van der Waals surface area contributed by atoms with Gasteiger partial charge in [0.15, 0.2) is 0 Å². The first-order valence-corrected chi connectivity index (χ1v) is 7.19. The van der Waals surface area contributed by atoms with Crippen LogP contribution >= 0.6 is 0 Å². The normalized spacial score (nSPS) is 26.5. The van der Waals surface area contributed by atoms with Crippen molar-refractivity contribution < 1.29 is 4.74 Å². The van der Waals surface area contributed by atoms with E-state index in [4.69, 9.17) is 10.5 Å². The summed E-state index contributed by atoms with van der Waals surface area (Å²) in [6, 6.07) is 0. The molecule has 0 aliphatic heterocycles. The summed E-state index contributed by atoms with van der Waals surface area (Å²) in [6.45, 7) is 8.88. The zero-order valence-corrected chi connectivity index (χ0v) is 12.3. The third kappa shape index (κ3) is 4.28. The predicted molar refractivity (Wildman–Crippen MR) is 74.4 cm³/mol. The van der Waals surface area contributed by atoms with Gasteiger partial charge in [0.1, 0.15) is 0 Å². The summed E-state index contributed by atoms with van der Waals surface area (Å²) in [5, 5.41) is 7.99. The molecule has 1 aliphatic rings. The van der Waals surface area contributed by atoms with Gasteiger partial charge in [-0.1, -0.05) is 26.0 Å². The van der Waals surface area contributed by atoms with Gasteiger partial charge in [0.25, 0.3) is 0 Å². The number of aromatic nitrogens is 3. The average molecular weight is 266 g/mol. The molecule has 0 radical (unpaired) electrons. The van der Waals surface area contributed by atoms with E-state index in [1.54, 1.807) is 4.68 Å². The molecule has 1 heterocycles. The van der Waals surface area contributed by atoms with E-state index in [0.29, 0.717) is 24.7 Å². The number of nitrogens with two attached hydrogens (primary N) is 1. The average Bonchev–Trinajstić information content (AvgIpc) is 2.74. The van der Waals surface area contributed by atoms with Gasteiger partial charge in [-0.2, -0.15) is 0 Å². The van der Waals surface area contributed by atoms with Crippen LogP contribution in [0.25, 0.3) is 0 Å². The summed E-state index contributed by atoms with van der Waals surface area (Å²) in [5.74, 6) is 0.754. The Morgan fingerprint density at radius 1 is 1.47 bits per heavy atom. The SMILES string of the molecule is CC1CC(OCCn2cc(CN)nn2)CC(C)(C)C1. The van der Waals surface area contributed by atoms with Crippen LogP contribution in [0.2, 0.25) is 0 Å². The van der Waals surface area contributed by atoms with Gasteiger partial charge >= 0.3 is 0 Å². The standard InChI is InChI=1S/C14H26N4O/c1-11-6-13(8-14(2,3)7-11)19-5-4-18-10-12(9-15)16-17-18/h10-11,13H,4-9,15H2,1-3H3. The van der Waals surface area contributed by atoms with E-state index in [2.05, 4.69) is 31.1 Å². The highest BCUT2D eigenvalue weighted by atomic mass is 16.5. The van der Waals surface area contributed by atoms with Crippen LogP contribution in [-0.4, -0.2) is 27.7 Å². The molecule has 0 bridgehead atoms. The minimum Gasteiger partial charge on any atom is -0.376 e. The molecule has 108 valence electrons. The fourth-order valence-electron chi connectivity index (χ4n) is 3.24. The summed E-state index contributed by atoms with van der Waals surface area (Å²) in [4.78, 5) is 0. The monoisotopic (exact) mass is 266 g/mol. The van der Waals surface area contributed by atoms with Crippen LogP contribution in [0, 0.1) is 11.3 Å². The number of nitrogens with zero attached hydrogens (tertiary/aromatic N) is 3. The lowest BCUT2D eigenvalue weighted by Gasteiger charge is -2.38. The van der Waals surface area contributed by atoms with Crippen molar-refractivity contribution in [3.8, 4) is 0 Å². The Kier molecular flexibility index (Phi) is 4.58. The molecule has 1 aromatic heterocycles. The predicted octanol–water partition coefficient (Wildman–Crippen LogP) is 1.97. The Bertz CT molecular complexity index is 402. The smallest absolute Gasteiger partial charge is 0.0962 e. The quantitative estimate of drug-likeness (QED) is 0.885. The first kappa shape index (κ1) is 14.5. The van der Waals surface area contributed by atoms with Crippen molar-refractivity contribution in [2.45, 2.75) is 59.2 Å². The van der Waals surface area contributed by atoms with Crippen LogP contribution < -0.4 is 5.73 Å². The summed E-state index contributed by atoms with van der Waals surface area (Å²) in [6.07, 6.45) is 5.90. The zero-order chi connectivity index (χ0) is 13.9. The molecular formula is C14H26N4O. The van der Waals surface area contributed by atoms with Crippen molar-refractivity contribution in [3.05, 3.63) is 11.9 Å². The van der Waals surface area contributed by atoms with E-state index in [-0.39, 0.29) is 0 Å². The molecule has 0 amide bonds. The van der Waals surface area contributed by atoms with E-state index < -0.39 is 0 Å². The Labute approximate surface area is 115 Å². The Morgan fingerprint density at radius 3 is 2.89 bits per heavy atom. The highest BCUT2D eigenvalue weighted by molar-refractivity contribution is 4.90. The van der Waals surface area contributed by atoms with Crippen LogP contribution in [0.4, 0.5) is 0 Å². The van der Waals surface area contributed by atoms with Crippen molar-refractivity contribution in [2.24, 2.45) is 17.1 Å². The molecule has 1 aliphatic carbocycles. The molecule has 2 rings (SSSR count). The van der Waals surface area contributed by atoms with Gasteiger partial charge in [-0.25, -0.2) is 4.68 Å². The molecule has 19 heavy (non-hydrogen) atoms. The second kappa shape index (κ2) is 6.01. The van der Waals surface area contributed by atoms with Crippen LogP contribution in [0.3, 0.4) is 0 Å². The third-order valence-corrected chi connectivity index (χ3v) is 3.82. The summed E-state index contributed by atoms with van der Waals surface area (Å²) < 4.78 is 7.82. The van der Waals surface area contributed by atoms with Gasteiger partial charge < -0.3 is 10.5 Å². The first-order chi connectivity index (χ1) is 8.98. The van der Waals surface area contributed by atoms with Crippen molar-refractivity contribution in [1.82, 2.24) is 15.0 Å². The minimum atomic E-state index is 0.385. The Balaban J connectivity index is 1.76. The lowest BCUT2D eigenvalue weighted by molar-refractivity contribution is -0.0263. The van der Waals surface area contributed by atoms with E-state index in [1.165, 1.54) is 12.8 Å². The molecule has 0 aromatic carbocycles. The fraction of sp³-hybridized carbons (Fsp3) is 0.857. The van der Waals surface area contributed by atoms with E-state index in [0.717, 1.165) is 24.6 Å². The van der Waals surface area contributed by atoms with Gasteiger partial charge in [0, 0.05) is 12.7 Å². The van der Waals surface area contributed by atoms with Crippen molar-refractivity contribution in [2.75, 3.05) is 6.61 Å². The highest BCUT2D eigenvalue weighted by Crippen LogP contribution is 2.39. The largest absolute Gasteiger partial charge is 0.376 e. The van der Waals surface area contributed by atoms with Gasteiger partial charge in [0.05, 0.1) is 24.9 Å². The first-order valence-electron chi connectivity index (χ1n) is 7.19. The molecule has 1 saturated carbocycles. The topological polar surface area (TPSA) is 66.0 Å². The van der Waals surface area contributed by atoms with Crippen LogP contribution in [0.15, 0.2) is 6.20 Å². The molecule has 2 unspecified atom stereocenters. The van der Waals surface area contributed by atoms with Crippen molar-refractivity contribution in [3.63, 3.8) is 0 Å². The number of hydrogen-bond acceptors (Lipinski definition) is 4. The summed E-state index contributed by atoms with van der Waals surface area (Å²) in [5.41, 5.74) is 6.74. The van der Waals surface area contributed by atoms with E-state index in [9.17, 15) is 0 Å². The molecule has 2 N–H and O–H groups in total. The summed E-state index contributed by atoms with van der Waals surface area (Å²) >= 11 is 0. The van der Waals surface area contributed by atoms with Gasteiger partial charge in [-0.15, -0.1) is 5.10 Å².